The molecule has 1 aromatic heterocycles. The van der Waals surface area contributed by atoms with Crippen molar-refractivity contribution in [2.45, 2.75) is 31.2 Å². The first-order chi connectivity index (χ1) is 12.4. The molecule has 5 nitrogen and oxygen atoms in total. The summed E-state index contributed by atoms with van der Waals surface area (Å²) in [6, 6.07) is 9.01. The molecular formula is C19H24ClN3O2S. The van der Waals surface area contributed by atoms with E-state index >= 15 is 0 Å². The molecule has 2 aromatic rings. The van der Waals surface area contributed by atoms with Crippen LogP contribution in [0.5, 0.6) is 0 Å². The van der Waals surface area contributed by atoms with Gasteiger partial charge in [-0.3, -0.25) is 9.88 Å². The lowest BCUT2D eigenvalue weighted by atomic mass is 9.97. The van der Waals surface area contributed by atoms with Gasteiger partial charge in [0.25, 0.3) is 0 Å². The Hall–Kier alpha value is -1.47. The van der Waals surface area contributed by atoms with Crippen LogP contribution in [0.2, 0.25) is 5.02 Å². The zero-order valence-corrected chi connectivity index (χ0v) is 16.4. The van der Waals surface area contributed by atoms with Crippen molar-refractivity contribution in [3.05, 3.63) is 58.9 Å². The van der Waals surface area contributed by atoms with E-state index in [0.29, 0.717) is 23.0 Å². The number of nitrogens with one attached hydrogen (secondary N) is 1. The summed E-state index contributed by atoms with van der Waals surface area (Å²) >= 11 is 5.95. The fourth-order valence-electron chi connectivity index (χ4n) is 3.26. The minimum Gasteiger partial charge on any atom is -0.299 e. The number of hydrogen-bond acceptors (Lipinski definition) is 4. The summed E-state index contributed by atoms with van der Waals surface area (Å²) in [5, 5.41) is 0.431. The maximum absolute atomic E-state index is 12.6. The number of aryl methyl sites for hydroxylation is 1. The summed E-state index contributed by atoms with van der Waals surface area (Å²) in [5.41, 5.74) is 1.96. The van der Waals surface area contributed by atoms with E-state index < -0.39 is 10.0 Å². The normalized spacial score (nSPS) is 16.7. The van der Waals surface area contributed by atoms with Crippen molar-refractivity contribution in [2.24, 2.45) is 5.92 Å². The lowest BCUT2D eigenvalue weighted by molar-refractivity contribution is 0.178. The maximum Gasteiger partial charge on any atom is 0.240 e. The van der Waals surface area contributed by atoms with Gasteiger partial charge in [-0.2, -0.15) is 0 Å². The van der Waals surface area contributed by atoms with Crippen LogP contribution in [0, 0.1) is 12.8 Å². The van der Waals surface area contributed by atoms with E-state index in [1.165, 1.54) is 11.6 Å². The van der Waals surface area contributed by atoms with E-state index in [9.17, 15) is 8.42 Å². The molecule has 0 spiro atoms. The first-order valence-corrected chi connectivity index (χ1v) is 10.7. The Labute approximate surface area is 160 Å². The highest BCUT2D eigenvalue weighted by Crippen LogP contribution is 2.22. The van der Waals surface area contributed by atoms with Crippen LogP contribution < -0.4 is 4.72 Å². The van der Waals surface area contributed by atoms with E-state index in [0.717, 1.165) is 32.5 Å². The van der Waals surface area contributed by atoms with Gasteiger partial charge in [-0.05, 0) is 74.2 Å². The molecule has 0 saturated carbocycles. The van der Waals surface area contributed by atoms with Crippen LogP contribution in [-0.4, -0.2) is 37.9 Å². The predicted molar refractivity (Wildman–Crippen MR) is 104 cm³/mol. The quantitative estimate of drug-likeness (QED) is 0.818. The minimum atomic E-state index is -3.53. The van der Waals surface area contributed by atoms with Crippen LogP contribution in [0.15, 0.2) is 47.6 Å². The fraction of sp³-hybridized carbons (Fsp3) is 0.421. The van der Waals surface area contributed by atoms with Crippen molar-refractivity contribution >= 4 is 21.6 Å². The molecule has 1 fully saturated rings. The molecule has 1 N–H and O–H groups in total. The third kappa shape index (κ3) is 5.04. The van der Waals surface area contributed by atoms with Crippen molar-refractivity contribution < 1.29 is 8.42 Å². The third-order valence-electron chi connectivity index (χ3n) is 4.86. The van der Waals surface area contributed by atoms with Gasteiger partial charge in [0.1, 0.15) is 0 Å². The van der Waals surface area contributed by atoms with Crippen molar-refractivity contribution in [1.82, 2.24) is 14.6 Å². The van der Waals surface area contributed by atoms with Gasteiger partial charge in [-0.15, -0.1) is 0 Å². The lowest BCUT2D eigenvalue weighted by Crippen LogP contribution is -2.38. The molecule has 26 heavy (non-hydrogen) atoms. The van der Waals surface area contributed by atoms with Crippen molar-refractivity contribution in [3.8, 4) is 0 Å². The average molecular weight is 394 g/mol. The van der Waals surface area contributed by atoms with Gasteiger partial charge in [0.05, 0.1) is 4.90 Å². The summed E-state index contributed by atoms with van der Waals surface area (Å²) in [5.74, 6) is 0.359. The van der Waals surface area contributed by atoms with Crippen LogP contribution in [-0.2, 0) is 16.6 Å². The number of hydrogen-bond donors (Lipinski definition) is 1. The van der Waals surface area contributed by atoms with Crippen LogP contribution in [0.25, 0.3) is 0 Å². The second-order valence-corrected chi connectivity index (χ2v) is 9.01. The van der Waals surface area contributed by atoms with E-state index in [1.54, 1.807) is 19.1 Å². The Bertz CT molecular complexity index is 835. The number of piperidine rings is 1. The molecule has 2 heterocycles. The molecule has 140 valence electrons. The van der Waals surface area contributed by atoms with Crippen molar-refractivity contribution in [3.63, 3.8) is 0 Å². The zero-order valence-electron chi connectivity index (χ0n) is 14.9. The minimum absolute atomic E-state index is 0.264. The first kappa shape index (κ1) is 19.3. The summed E-state index contributed by atoms with van der Waals surface area (Å²) < 4.78 is 27.9. The van der Waals surface area contributed by atoms with Crippen LogP contribution >= 0.6 is 11.6 Å². The lowest BCUT2D eigenvalue weighted by Gasteiger charge is -2.32. The average Bonchev–Trinajstić information content (AvgIpc) is 2.64. The largest absolute Gasteiger partial charge is 0.299 e. The van der Waals surface area contributed by atoms with E-state index in [-0.39, 0.29) is 4.90 Å². The second kappa shape index (κ2) is 8.48. The number of pyridine rings is 1. The number of benzene rings is 1. The number of likely N-dealkylation sites (tertiary alicyclic amines) is 1. The highest BCUT2D eigenvalue weighted by atomic mass is 35.5. The number of rotatable bonds is 6. The van der Waals surface area contributed by atoms with Crippen LogP contribution in [0.1, 0.15) is 24.0 Å². The summed E-state index contributed by atoms with van der Waals surface area (Å²) in [4.78, 5) is 6.71. The molecule has 0 atom stereocenters. The van der Waals surface area contributed by atoms with Gasteiger partial charge in [-0.25, -0.2) is 13.1 Å². The molecule has 1 aliphatic rings. The Morgan fingerprint density at radius 1 is 1.19 bits per heavy atom. The summed E-state index contributed by atoms with van der Waals surface area (Å²) in [6.07, 6.45) is 5.60. The Balaban J connectivity index is 1.51. The molecule has 7 heteroatoms. The van der Waals surface area contributed by atoms with Gasteiger partial charge in [0.2, 0.25) is 10.0 Å². The van der Waals surface area contributed by atoms with Gasteiger partial charge in [0.15, 0.2) is 0 Å². The van der Waals surface area contributed by atoms with Crippen molar-refractivity contribution in [2.75, 3.05) is 19.6 Å². The maximum atomic E-state index is 12.6. The van der Waals surface area contributed by atoms with E-state index in [2.05, 4.69) is 14.6 Å². The smallest absolute Gasteiger partial charge is 0.240 e. The van der Waals surface area contributed by atoms with E-state index in [1.807, 2.05) is 24.5 Å². The summed E-state index contributed by atoms with van der Waals surface area (Å²) in [6.45, 7) is 5.12. The van der Waals surface area contributed by atoms with Gasteiger partial charge >= 0.3 is 0 Å². The van der Waals surface area contributed by atoms with Gasteiger partial charge in [-0.1, -0.05) is 17.7 Å². The standard InChI is InChI=1S/C19H24ClN3O2S/c1-15-2-3-18(20)12-19(15)26(24,25)22-13-16-6-10-23(11-7-16)14-17-4-8-21-9-5-17/h2-5,8-9,12,16,22H,6-7,10-11,13-14H2,1H3. The molecular weight excluding hydrogens is 370 g/mol. The number of sulfonamides is 1. The molecule has 1 aromatic carbocycles. The van der Waals surface area contributed by atoms with E-state index in [4.69, 9.17) is 11.6 Å². The third-order valence-corrected chi connectivity index (χ3v) is 6.67. The predicted octanol–water partition coefficient (Wildman–Crippen LogP) is 3.23. The molecule has 0 amide bonds. The Morgan fingerprint density at radius 3 is 2.58 bits per heavy atom. The Morgan fingerprint density at radius 2 is 1.88 bits per heavy atom. The molecule has 0 unspecified atom stereocenters. The van der Waals surface area contributed by atoms with Crippen LogP contribution in [0.4, 0.5) is 0 Å². The fourth-order valence-corrected chi connectivity index (χ4v) is 4.89. The van der Waals surface area contributed by atoms with Gasteiger partial charge < -0.3 is 0 Å². The zero-order chi connectivity index (χ0) is 18.6. The molecule has 0 bridgehead atoms. The van der Waals surface area contributed by atoms with Crippen molar-refractivity contribution in [1.29, 1.82) is 0 Å². The van der Waals surface area contributed by atoms with Crippen LogP contribution in [0.3, 0.4) is 0 Å². The molecule has 0 aliphatic carbocycles. The topological polar surface area (TPSA) is 62.3 Å². The number of nitrogens with zero attached hydrogens (tertiary/aromatic N) is 2. The summed E-state index contributed by atoms with van der Waals surface area (Å²) in [7, 11) is -3.53. The highest BCUT2D eigenvalue weighted by molar-refractivity contribution is 7.89. The molecule has 3 rings (SSSR count). The highest BCUT2D eigenvalue weighted by Gasteiger charge is 2.23. The molecule has 0 radical (unpaired) electrons. The Kier molecular flexibility index (Phi) is 6.29. The number of aromatic nitrogens is 1. The molecule has 1 aliphatic heterocycles. The van der Waals surface area contributed by atoms with Gasteiger partial charge in [0, 0.05) is 30.5 Å². The SMILES string of the molecule is Cc1ccc(Cl)cc1S(=O)(=O)NCC1CCN(Cc2ccncc2)CC1. The molecule has 1 saturated heterocycles. The first-order valence-electron chi connectivity index (χ1n) is 8.81. The monoisotopic (exact) mass is 393 g/mol. The number of halogens is 1. The second-order valence-electron chi connectivity index (χ2n) is 6.84.